The van der Waals surface area contributed by atoms with Crippen molar-refractivity contribution >= 4 is 39.1 Å². The van der Waals surface area contributed by atoms with Crippen LogP contribution in [0.5, 0.6) is 0 Å². The molecule has 0 saturated heterocycles. The number of esters is 1. The minimum absolute atomic E-state index is 0.0335. The molecule has 1 aromatic rings. The average molecular weight is 337 g/mol. The van der Waals surface area contributed by atoms with Gasteiger partial charge < -0.3 is 4.74 Å². The lowest BCUT2D eigenvalue weighted by Crippen LogP contribution is -2.27. The van der Waals surface area contributed by atoms with Gasteiger partial charge in [0.2, 0.25) is 10.0 Å². The molecule has 20 heavy (non-hydrogen) atoms. The molecule has 1 atom stereocenters. The monoisotopic (exact) mass is 337 g/mol. The Hall–Kier alpha value is -0.570. The number of sulfonamides is 1. The predicted octanol–water partition coefficient (Wildman–Crippen LogP) is 2.26. The fourth-order valence-electron chi connectivity index (χ4n) is 1.59. The van der Waals surface area contributed by atoms with E-state index < -0.39 is 16.0 Å². The first-order valence-corrected chi connectivity index (χ1v) is 9.67. The Kier molecular flexibility index (Phi) is 6.50. The van der Waals surface area contributed by atoms with Crippen molar-refractivity contribution in [1.29, 1.82) is 0 Å². The zero-order chi connectivity index (χ0) is 15.3. The summed E-state index contributed by atoms with van der Waals surface area (Å²) in [5.41, 5.74) is 0.556. The van der Waals surface area contributed by atoms with Crippen LogP contribution in [0.4, 0.5) is 0 Å². The summed E-state index contributed by atoms with van der Waals surface area (Å²) >= 11 is 2.76. The number of methoxy groups -OCH3 is 1. The number of thioether (sulfide) groups is 1. The highest BCUT2D eigenvalue weighted by Crippen LogP contribution is 2.27. The second kappa shape index (κ2) is 7.44. The van der Waals surface area contributed by atoms with Crippen LogP contribution in [-0.4, -0.2) is 39.5 Å². The number of hydrogen-bond acceptors (Lipinski definition) is 6. The highest BCUT2D eigenvalue weighted by atomic mass is 32.2. The van der Waals surface area contributed by atoms with Gasteiger partial charge in [0.1, 0.15) is 9.77 Å². The second-order valence-electron chi connectivity index (χ2n) is 4.30. The third-order valence-corrected chi connectivity index (χ3v) is 6.70. The van der Waals surface area contributed by atoms with E-state index in [-0.39, 0.29) is 9.77 Å². The van der Waals surface area contributed by atoms with E-state index in [1.54, 1.807) is 24.1 Å². The summed E-state index contributed by atoms with van der Waals surface area (Å²) in [5.74, 6) is -0.624. The Morgan fingerprint density at radius 1 is 1.55 bits per heavy atom. The number of thiophene rings is 1. The Labute approximate surface area is 128 Å². The van der Waals surface area contributed by atoms with Crippen LogP contribution in [0.3, 0.4) is 0 Å². The van der Waals surface area contributed by atoms with E-state index in [2.05, 4.69) is 9.46 Å². The van der Waals surface area contributed by atoms with Gasteiger partial charge in [-0.2, -0.15) is 11.8 Å². The highest BCUT2D eigenvalue weighted by Gasteiger charge is 2.27. The van der Waals surface area contributed by atoms with Crippen LogP contribution in [0.2, 0.25) is 0 Å². The van der Waals surface area contributed by atoms with Crippen molar-refractivity contribution < 1.29 is 17.9 Å². The van der Waals surface area contributed by atoms with Gasteiger partial charge in [-0.1, -0.05) is 6.92 Å². The number of carbonyl (C=O) groups excluding carboxylic acids is 1. The van der Waals surface area contributed by atoms with Gasteiger partial charge in [0.25, 0.3) is 0 Å². The molecule has 0 saturated carbocycles. The first kappa shape index (κ1) is 17.5. The minimum atomic E-state index is -3.69. The lowest BCUT2D eigenvalue weighted by molar-refractivity contribution is 0.0602. The van der Waals surface area contributed by atoms with Crippen LogP contribution in [0.1, 0.15) is 28.6 Å². The first-order chi connectivity index (χ1) is 9.33. The first-order valence-electron chi connectivity index (χ1n) is 6.02. The van der Waals surface area contributed by atoms with E-state index >= 15 is 0 Å². The molecule has 1 heterocycles. The maximum atomic E-state index is 12.3. The van der Waals surface area contributed by atoms with Gasteiger partial charge in [-0.05, 0) is 30.5 Å². The molecule has 8 heteroatoms. The maximum Gasteiger partial charge on any atom is 0.349 e. The molecule has 0 spiro atoms. The SMILES string of the molecule is COC(=O)c1scc(C)c1S(=O)(=O)NCCC(C)SC. The van der Waals surface area contributed by atoms with E-state index in [0.29, 0.717) is 17.4 Å². The molecule has 0 aromatic carbocycles. The van der Waals surface area contributed by atoms with Crippen LogP contribution in [0, 0.1) is 6.92 Å². The summed E-state index contributed by atoms with van der Waals surface area (Å²) in [6, 6.07) is 0. The number of aryl methyl sites for hydroxylation is 1. The fraction of sp³-hybridized carbons (Fsp3) is 0.583. The Morgan fingerprint density at radius 2 is 2.20 bits per heavy atom. The highest BCUT2D eigenvalue weighted by molar-refractivity contribution is 7.99. The summed E-state index contributed by atoms with van der Waals surface area (Å²) < 4.78 is 31.8. The van der Waals surface area contributed by atoms with Crippen LogP contribution in [0.25, 0.3) is 0 Å². The normalized spacial score (nSPS) is 13.2. The van der Waals surface area contributed by atoms with Gasteiger partial charge in [-0.15, -0.1) is 11.3 Å². The maximum absolute atomic E-state index is 12.3. The van der Waals surface area contributed by atoms with Crippen LogP contribution < -0.4 is 4.72 Å². The molecular weight excluding hydrogens is 318 g/mol. The summed E-state index contributed by atoms with van der Waals surface area (Å²) in [7, 11) is -2.45. The molecule has 1 unspecified atom stereocenters. The van der Waals surface area contributed by atoms with Crippen molar-refractivity contribution in [2.75, 3.05) is 19.9 Å². The number of rotatable bonds is 7. The van der Waals surface area contributed by atoms with Crippen LogP contribution >= 0.6 is 23.1 Å². The minimum Gasteiger partial charge on any atom is -0.465 e. The fourth-order valence-corrected chi connectivity index (χ4v) is 4.69. The quantitative estimate of drug-likeness (QED) is 0.773. The molecule has 0 aliphatic carbocycles. The van der Waals surface area contributed by atoms with E-state index in [4.69, 9.17) is 0 Å². The van der Waals surface area contributed by atoms with Crippen molar-refractivity contribution in [3.8, 4) is 0 Å². The van der Waals surface area contributed by atoms with Gasteiger partial charge in [-0.25, -0.2) is 17.9 Å². The number of hydrogen-bond donors (Lipinski definition) is 1. The molecule has 0 fully saturated rings. The number of nitrogens with one attached hydrogen (secondary N) is 1. The molecule has 114 valence electrons. The summed E-state index contributed by atoms with van der Waals surface area (Å²) in [5, 5.41) is 2.02. The van der Waals surface area contributed by atoms with Crippen LogP contribution in [-0.2, 0) is 14.8 Å². The van der Waals surface area contributed by atoms with Crippen molar-refractivity contribution in [2.45, 2.75) is 30.4 Å². The second-order valence-corrected chi connectivity index (χ2v) is 8.16. The zero-order valence-corrected chi connectivity index (χ0v) is 14.4. The lowest BCUT2D eigenvalue weighted by atomic mass is 10.3. The Morgan fingerprint density at radius 3 is 2.75 bits per heavy atom. The largest absolute Gasteiger partial charge is 0.465 e. The van der Waals surface area contributed by atoms with Crippen molar-refractivity contribution in [2.24, 2.45) is 0 Å². The van der Waals surface area contributed by atoms with Gasteiger partial charge in [0.05, 0.1) is 7.11 Å². The van der Waals surface area contributed by atoms with Gasteiger partial charge in [0.15, 0.2) is 0 Å². The van der Waals surface area contributed by atoms with E-state index in [0.717, 1.165) is 17.8 Å². The number of ether oxygens (including phenoxy) is 1. The lowest BCUT2D eigenvalue weighted by Gasteiger charge is -2.11. The molecule has 0 bridgehead atoms. The van der Waals surface area contributed by atoms with Gasteiger partial charge in [-0.3, -0.25) is 0 Å². The Balaban J connectivity index is 2.92. The molecule has 0 amide bonds. The van der Waals surface area contributed by atoms with Crippen molar-refractivity contribution in [3.05, 3.63) is 15.8 Å². The molecule has 0 aliphatic rings. The van der Waals surface area contributed by atoms with Crippen molar-refractivity contribution in [3.63, 3.8) is 0 Å². The van der Waals surface area contributed by atoms with Gasteiger partial charge >= 0.3 is 5.97 Å². The number of carbonyl (C=O) groups is 1. The topological polar surface area (TPSA) is 72.5 Å². The summed E-state index contributed by atoms with van der Waals surface area (Å²) in [6.45, 7) is 4.05. The molecule has 0 aliphatic heterocycles. The third-order valence-electron chi connectivity index (χ3n) is 2.80. The molecule has 0 radical (unpaired) electrons. The third kappa shape index (κ3) is 4.21. The Bertz CT molecular complexity index is 565. The average Bonchev–Trinajstić information content (AvgIpc) is 2.80. The van der Waals surface area contributed by atoms with E-state index in [9.17, 15) is 13.2 Å². The molecular formula is C12H19NO4S3. The molecule has 5 nitrogen and oxygen atoms in total. The van der Waals surface area contributed by atoms with E-state index in [1.807, 2.05) is 13.2 Å². The van der Waals surface area contributed by atoms with Gasteiger partial charge in [0, 0.05) is 11.8 Å². The smallest absolute Gasteiger partial charge is 0.349 e. The molecule has 1 aromatic heterocycles. The molecule has 1 rings (SSSR count). The molecule has 1 N–H and O–H groups in total. The summed E-state index contributed by atoms with van der Waals surface area (Å²) in [4.78, 5) is 11.8. The van der Waals surface area contributed by atoms with Crippen molar-refractivity contribution in [1.82, 2.24) is 4.72 Å². The summed E-state index contributed by atoms with van der Waals surface area (Å²) in [6.07, 6.45) is 2.72. The van der Waals surface area contributed by atoms with Crippen LogP contribution in [0.15, 0.2) is 10.3 Å². The standard InChI is InChI=1S/C12H19NO4S3/c1-8-7-19-10(12(14)17-3)11(8)20(15,16)13-6-5-9(2)18-4/h7,9,13H,5-6H2,1-4H3. The zero-order valence-electron chi connectivity index (χ0n) is 11.9. The predicted molar refractivity (Wildman–Crippen MR) is 83.2 cm³/mol. The van der Waals surface area contributed by atoms with E-state index in [1.165, 1.54) is 7.11 Å².